The minimum absolute atomic E-state index is 0.0333. The second-order valence-corrected chi connectivity index (χ2v) is 9.04. The van der Waals surface area contributed by atoms with Crippen LogP contribution in [0.15, 0.2) is 36.7 Å². The number of carbonyl (C=O) groups is 1. The van der Waals surface area contributed by atoms with Gasteiger partial charge in [0.25, 0.3) is 5.91 Å². The SMILES string of the molecule is CN1CCOC[C@@H]1C[C@@H]1CNC(=O)c2c1[nH]c(-c1ccncc1F)c2Nc1cccc(Cl)c1O. The number of aromatic amines is 1. The van der Waals surface area contributed by atoms with Crippen LogP contribution in [0.4, 0.5) is 15.8 Å². The molecule has 178 valence electrons. The van der Waals surface area contributed by atoms with E-state index in [-0.39, 0.29) is 34.2 Å². The number of hydrogen-bond acceptors (Lipinski definition) is 6. The van der Waals surface area contributed by atoms with E-state index >= 15 is 0 Å². The molecule has 1 amide bonds. The fourth-order valence-electron chi connectivity index (χ4n) is 4.64. The molecule has 0 unspecified atom stereocenters. The number of morpholine rings is 1. The van der Waals surface area contributed by atoms with Gasteiger partial charge in [-0.2, -0.15) is 0 Å². The van der Waals surface area contributed by atoms with Gasteiger partial charge in [0.05, 0.1) is 47.1 Å². The number of nitrogens with zero attached hydrogens (tertiary/aromatic N) is 2. The topological polar surface area (TPSA) is 103 Å². The average molecular weight is 486 g/mol. The molecular weight excluding hydrogens is 461 g/mol. The molecule has 1 fully saturated rings. The minimum atomic E-state index is -0.531. The number of amides is 1. The van der Waals surface area contributed by atoms with Crippen LogP contribution in [-0.2, 0) is 4.74 Å². The molecular formula is C24H25ClFN5O3. The third-order valence-electron chi connectivity index (χ3n) is 6.54. The molecule has 0 saturated carbocycles. The van der Waals surface area contributed by atoms with E-state index in [0.29, 0.717) is 42.4 Å². The summed E-state index contributed by atoms with van der Waals surface area (Å²) < 4.78 is 20.5. The van der Waals surface area contributed by atoms with Gasteiger partial charge in [-0.3, -0.25) is 14.7 Å². The number of carbonyl (C=O) groups excluding carboxylic acids is 1. The van der Waals surface area contributed by atoms with Crippen molar-refractivity contribution >= 4 is 28.9 Å². The van der Waals surface area contributed by atoms with Gasteiger partial charge in [0.1, 0.15) is 0 Å². The van der Waals surface area contributed by atoms with Gasteiger partial charge in [0.15, 0.2) is 11.6 Å². The monoisotopic (exact) mass is 485 g/mol. The maximum Gasteiger partial charge on any atom is 0.255 e. The van der Waals surface area contributed by atoms with Gasteiger partial charge in [-0.05, 0) is 31.7 Å². The molecule has 1 saturated heterocycles. The molecule has 2 aromatic heterocycles. The van der Waals surface area contributed by atoms with E-state index in [1.807, 2.05) is 0 Å². The van der Waals surface area contributed by atoms with E-state index in [4.69, 9.17) is 16.3 Å². The Morgan fingerprint density at radius 1 is 1.38 bits per heavy atom. The maximum atomic E-state index is 14.8. The lowest BCUT2D eigenvalue weighted by atomic mass is 9.90. The van der Waals surface area contributed by atoms with Crippen LogP contribution in [-0.4, -0.2) is 65.3 Å². The number of H-pyrrole nitrogens is 1. The van der Waals surface area contributed by atoms with Crippen molar-refractivity contribution in [1.29, 1.82) is 0 Å². The zero-order valence-corrected chi connectivity index (χ0v) is 19.3. The number of benzene rings is 1. The molecule has 2 atom stereocenters. The zero-order chi connectivity index (χ0) is 23.8. The van der Waals surface area contributed by atoms with Crippen molar-refractivity contribution in [2.75, 3.05) is 38.7 Å². The first kappa shape index (κ1) is 22.6. The largest absolute Gasteiger partial charge is 0.504 e. The highest BCUT2D eigenvalue weighted by Gasteiger charge is 2.35. The fourth-order valence-corrected chi connectivity index (χ4v) is 4.81. The Bertz CT molecular complexity index is 1230. The van der Waals surface area contributed by atoms with Crippen molar-refractivity contribution in [3.8, 4) is 17.0 Å². The van der Waals surface area contributed by atoms with Crippen LogP contribution in [0.5, 0.6) is 5.75 Å². The maximum absolute atomic E-state index is 14.8. The van der Waals surface area contributed by atoms with Gasteiger partial charge in [-0.15, -0.1) is 0 Å². The van der Waals surface area contributed by atoms with Gasteiger partial charge in [-0.25, -0.2) is 4.39 Å². The molecule has 4 heterocycles. The highest BCUT2D eigenvalue weighted by atomic mass is 35.5. The normalized spacial score (nSPS) is 20.6. The lowest BCUT2D eigenvalue weighted by molar-refractivity contribution is 0.000176. The molecule has 2 aliphatic rings. The van der Waals surface area contributed by atoms with Crippen molar-refractivity contribution in [2.45, 2.75) is 18.4 Å². The van der Waals surface area contributed by atoms with Crippen LogP contribution < -0.4 is 10.6 Å². The predicted octanol–water partition coefficient (Wildman–Crippen LogP) is 3.87. The first-order valence-corrected chi connectivity index (χ1v) is 11.5. The van der Waals surface area contributed by atoms with E-state index < -0.39 is 5.82 Å². The molecule has 0 aliphatic carbocycles. The predicted molar refractivity (Wildman–Crippen MR) is 127 cm³/mol. The number of para-hydroxylation sites is 1. The van der Waals surface area contributed by atoms with Crippen molar-refractivity contribution < 1.29 is 19.0 Å². The summed E-state index contributed by atoms with van der Waals surface area (Å²) in [6.45, 7) is 2.61. The van der Waals surface area contributed by atoms with Crippen molar-refractivity contribution in [3.05, 3.63) is 58.8 Å². The molecule has 0 radical (unpaired) electrons. The van der Waals surface area contributed by atoms with Gasteiger partial charge in [-0.1, -0.05) is 17.7 Å². The number of likely N-dealkylation sites (N-methyl/N-ethyl adjacent to an activating group) is 1. The van der Waals surface area contributed by atoms with Crippen molar-refractivity contribution in [2.24, 2.45) is 0 Å². The molecule has 5 rings (SSSR count). The summed E-state index contributed by atoms with van der Waals surface area (Å²) in [6.07, 6.45) is 3.37. The summed E-state index contributed by atoms with van der Waals surface area (Å²) in [5, 5.41) is 16.7. The molecule has 34 heavy (non-hydrogen) atoms. The summed E-state index contributed by atoms with van der Waals surface area (Å²) >= 11 is 6.09. The van der Waals surface area contributed by atoms with E-state index in [0.717, 1.165) is 24.9 Å². The number of aromatic nitrogens is 2. The highest BCUT2D eigenvalue weighted by Crippen LogP contribution is 2.43. The highest BCUT2D eigenvalue weighted by molar-refractivity contribution is 6.32. The second-order valence-electron chi connectivity index (χ2n) is 8.63. The number of phenols is 1. The number of aromatic hydroxyl groups is 1. The van der Waals surface area contributed by atoms with E-state index in [9.17, 15) is 14.3 Å². The Labute approximate surface area is 201 Å². The Morgan fingerprint density at radius 2 is 2.24 bits per heavy atom. The summed E-state index contributed by atoms with van der Waals surface area (Å²) in [5.74, 6) is -1.000. The summed E-state index contributed by atoms with van der Waals surface area (Å²) in [5.41, 5.74) is 2.45. The number of halogens is 2. The number of ether oxygens (including phenoxy) is 1. The van der Waals surface area contributed by atoms with Gasteiger partial charge >= 0.3 is 0 Å². The summed E-state index contributed by atoms with van der Waals surface area (Å²) in [7, 11) is 2.07. The Hall–Kier alpha value is -3.14. The Morgan fingerprint density at radius 3 is 3.03 bits per heavy atom. The Balaban J connectivity index is 1.62. The van der Waals surface area contributed by atoms with Crippen molar-refractivity contribution in [1.82, 2.24) is 20.2 Å². The van der Waals surface area contributed by atoms with Crippen LogP contribution in [0.2, 0.25) is 5.02 Å². The lowest BCUT2D eigenvalue weighted by Gasteiger charge is -2.35. The number of anilines is 2. The molecule has 10 heteroatoms. The zero-order valence-electron chi connectivity index (χ0n) is 18.6. The van der Waals surface area contributed by atoms with E-state index in [2.05, 4.69) is 32.5 Å². The molecule has 1 aromatic carbocycles. The summed E-state index contributed by atoms with van der Waals surface area (Å²) in [4.78, 5) is 22.5. The van der Waals surface area contributed by atoms with Crippen molar-refractivity contribution in [3.63, 3.8) is 0 Å². The van der Waals surface area contributed by atoms with Gasteiger partial charge in [0.2, 0.25) is 0 Å². The van der Waals surface area contributed by atoms with Crippen LogP contribution in [0.1, 0.15) is 28.4 Å². The average Bonchev–Trinajstić information content (AvgIpc) is 3.20. The quantitative estimate of drug-likeness (QED) is 0.409. The van der Waals surface area contributed by atoms with Crippen LogP contribution in [0.25, 0.3) is 11.3 Å². The number of fused-ring (bicyclic) bond motifs is 1. The van der Waals surface area contributed by atoms with Crippen LogP contribution in [0.3, 0.4) is 0 Å². The third kappa shape index (κ3) is 4.11. The smallest absolute Gasteiger partial charge is 0.255 e. The number of rotatable bonds is 5. The number of phenolic OH excluding ortho intramolecular Hbond substituents is 1. The summed E-state index contributed by atoms with van der Waals surface area (Å²) in [6, 6.07) is 6.62. The Kier molecular flexibility index (Phi) is 6.16. The van der Waals surface area contributed by atoms with E-state index in [1.165, 1.54) is 6.20 Å². The molecule has 3 aromatic rings. The lowest BCUT2D eigenvalue weighted by Crippen LogP contribution is -2.45. The van der Waals surface area contributed by atoms with Crippen LogP contribution in [0, 0.1) is 5.82 Å². The minimum Gasteiger partial charge on any atom is -0.504 e. The molecule has 4 N–H and O–H groups in total. The molecule has 8 nitrogen and oxygen atoms in total. The standard InChI is InChI=1S/C24H25ClFN5O3/c1-31-7-8-34-12-14(31)9-13-10-28-24(33)19-20(13)30-21(15-5-6-27-11-17(15)26)22(19)29-18-4-2-3-16(25)23(18)32/h2-6,11,13-14,29-30,32H,7-10,12H2,1H3,(H,28,33)/t13-,14+/m1/s1. The fraction of sp³-hybridized carbons (Fsp3) is 0.333. The van der Waals surface area contributed by atoms with Crippen LogP contribution >= 0.6 is 11.6 Å². The van der Waals surface area contributed by atoms with Gasteiger partial charge < -0.3 is 25.5 Å². The van der Waals surface area contributed by atoms with E-state index in [1.54, 1.807) is 24.3 Å². The number of nitrogens with one attached hydrogen (secondary N) is 3. The number of pyridine rings is 1. The molecule has 0 bridgehead atoms. The number of hydrogen-bond donors (Lipinski definition) is 4. The second kappa shape index (κ2) is 9.25. The first-order valence-electron chi connectivity index (χ1n) is 11.1. The third-order valence-corrected chi connectivity index (χ3v) is 6.85. The van der Waals surface area contributed by atoms with Gasteiger partial charge in [0, 0.05) is 42.5 Å². The molecule has 2 aliphatic heterocycles. The first-order chi connectivity index (χ1) is 16.4. The molecule has 0 spiro atoms.